The summed E-state index contributed by atoms with van der Waals surface area (Å²) >= 11 is 0. The number of aromatic amines is 1. The first kappa shape index (κ1) is 17.6. The van der Waals surface area contributed by atoms with Crippen molar-refractivity contribution in [3.05, 3.63) is 60.2 Å². The van der Waals surface area contributed by atoms with Crippen LogP contribution in [-0.2, 0) is 10.0 Å². The second-order valence-corrected chi connectivity index (χ2v) is 7.15. The molecular weight excluding hydrogens is 356 g/mol. The topological polar surface area (TPSA) is 129 Å². The lowest BCUT2D eigenvalue weighted by molar-refractivity contribution is 0.0945. The van der Waals surface area contributed by atoms with E-state index < -0.39 is 15.9 Å². The molecule has 0 fully saturated rings. The van der Waals surface area contributed by atoms with Gasteiger partial charge in [-0.25, -0.2) is 8.42 Å². The molecule has 9 nitrogen and oxygen atoms in total. The van der Waals surface area contributed by atoms with Gasteiger partial charge in [-0.05, 0) is 24.3 Å². The Balaban J connectivity index is 1.65. The summed E-state index contributed by atoms with van der Waals surface area (Å²) in [5, 5.41) is 9.97. The molecule has 3 aromatic rings. The molecule has 10 heteroatoms. The van der Waals surface area contributed by atoms with Gasteiger partial charge in [0.25, 0.3) is 5.91 Å². The lowest BCUT2D eigenvalue weighted by Crippen LogP contribution is -2.40. The summed E-state index contributed by atoms with van der Waals surface area (Å²) < 4.78 is 22.0. The summed E-state index contributed by atoms with van der Waals surface area (Å²) in [7, 11) is -3.51. The largest absolute Gasteiger partial charge is 0.323 e. The zero-order valence-corrected chi connectivity index (χ0v) is 14.5. The lowest BCUT2D eigenvalue weighted by atomic mass is 10.2. The summed E-state index contributed by atoms with van der Waals surface area (Å²) in [6.07, 6.45) is 0.945. The molecule has 0 spiro atoms. The van der Waals surface area contributed by atoms with Crippen LogP contribution in [0.1, 0.15) is 10.4 Å². The Labute approximate surface area is 149 Å². The fraction of sp³-hybridized carbons (Fsp3) is 0.0625. The molecule has 134 valence electrons. The van der Waals surface area contributed by atoms with Crippen LogP contribution in [0.3, 0.4) is 0 Å². The van der Waals surface area contributed by atoms with Crippen molar-refractivity contribution >= 4 is 27.6 Å². The van der Waals surface area contributed by atoms with Crippen LogP contribution in [0.4, 0.5) is 11.6 Å². The van der Waals surface area contributed by atoms with Crippen LogP contribution in [0.2, 0.25) is 0 Å². The number of anilines is 2. The normalized spacial score (nSPS) is 11.1. The fourth-order valence-electron chi connectivity index (χ4n) is 2.09. The molecule has 0 aliphatic carbocycles. The van der Waals surface area contributed by atoms with Gasteiger partial charge in [-0.15, -0.1) is 9.93 Å². The molecule has 0 radical (unpaired) electrons. The number of hydrogen-bond donors (Lipinski definition) is 4. The highest BCUT2D eigenvalue weighted by Crippen LogP contribution is 2.18. The second-order valence-electron chi connectivity index (χ2n) is 5.40. The summed E-state index contributed by atoms with van der Waals surface area (Å²) in [6.45, 7) is 0. The third-order valence-electron chi connectivity index (χ3n) is 3.29. The summed E-state index contributed by atoms with van der Waals surface area (Å²) in [5.74, 6) is 0.460. The average molecular weight is 372 g/mol. The van der Waals surface area contributed by atoms with E-state index in [1.165, 1.54) is 0 Å². The van der Waals surface area contributed by atoms with Crippen molar-refractivity contribution in [3.63, 3.8) is 0 Å². The van der Waals surface area contributed by atoms with Crippen LogP contribution in [0.25, 0.3) is 11.4 Å². The highest BCUT2D eigenvalue weighted by molar-refractivity contribution is 7.88. The Hall–Kier alpha value is -3.24. The number of hydrazine groups is 1. The van der Waals surface area contributed by atoms with Gasteiger partial charge in [0, 0.05) is 16.8 Å². The molecule has 0 saturated heterocycles. The van der Waals surface area contributed by atoms with E-state index in [1.807, 2.05) is 35.2 Å². The smallest absolute Gasteiger partial charge is 0.266 e. The zero-order chi connectivity index (χ0) is 18.6. The van der Waals surface area contributed by atoms with E-state index in [2.05, 4.69) is 25.9 Å². The minimum atomic E-state index is -3.51. The maximum absolute atomic E-state index is 11.8. The van der Waals surface area contributed by atoms with Crippen molar-refractivity contribution in [2.75, 3.05) is 11.6 Å². The monoisotopic (exact) mass is 372 g/mol. The van der Waals surface area contributed by atoms with Crippen LogP contribution in [-0.4, -0.2) is 35.8 Å². The third kappa shape index (κ3) is 4.65. The zero-order valence-electron chi connectivity index (χ0n) is 13.7. The molecule has 1 aromatic heterocycles. The van der Waals surface area contributed by atoms with E-state index in [1.54, 1.807) is 24.3 Å². The summed E-state index contributed by atoms with van der Waals surface area (Å²) in [6, 6.07) is 16.0. The molecule has 1 heterocycles. The van der Waals surface area contributed by atoms with Gasteiger partial charge in [0.05, 0.1) is 6.26 Å². The fourth-order valence-corrected chi connectivity index (χ4v) is 2.37. The highest BCUT2D eigenvalue weighted by Gasteiger charge is 2.09. The molecule has 3 rings (SSSR count). The second kappa shape index (κ2) is 7.33. The van der Waals surface area contributed by atoms with Gasteiger partial charge in [0.2, 0.25) is 16.0 Å². The van der Waals surface area contributed by atoms with Crippen LogP contribution in [0.15, 0.2) is 54.6 Å². The van der Waals surface area contributed by atoms with Crippen molar-refractivity contribution < 1.29 is 13.2 Å². The van der Waals surface area contributed by atoms with Crippen LogP contribution in [0, 0.1) is 0 Å². The molecule has 26 heavy (non-hydrogen) atoms. The van der Waals surface area contributed by atoms with Gasteiger partial charge in [-0.2, -0.15) is 4.98 Å². The number of aromatic nitrogens is 3. The standard InChI is InChI=1S/C16H16N6O3S/c1-26(24,25)22-20-15(23)12-7-9-13(10-8-12)17-16-18-14(19-21-16)11-5-3-2-4-6-11/h2-10,22H,1H3,(H,20,23)(H2,17,18,19,21). The van der Waals surface area contributed by atoms with E-state index >= 15 is 0 Å². The number of carbonyl (C=O) groups excluding carboxylic acids is 1. The third-order valence-corrected chi connectivity index (χ3v) is 3.76. The van der Waals surface area contributed by atoms with Gasteiger partial charge in [-0.3, -0.25) is 15.3 Å². The molecule has 0 saturated carbocycles. The number of benzene rings is 2. The van der Waals surface area contributed by atoms with E-state index in [-0.39, 0.29) is 0 Å². The molecule has 0 aliphatic heterocycles. The number of nitrogens with one attached hydrogen (secondary N) is 4. The van der Waals surface area contributed by atoms with Gasteiger partial charge in [0.1, 0.15) is 0 Å². The number of nitrogens with zero attached hydrogens (tertiary/aromatic N) is 2. The van der Waals surface area contributed by atoms with Crippen LogP contribution in [0.5, 0.6) is 0 Å². The summed E-state index contributed by atoms with van der Waals surface area (Å²) in [5.41, 5.74) is 3.99. The van der Waals surface area contributed by atoms with E-state index in [0.717, 1.165) is 11.8 Å². The first-order valence-electron chi connectivity index (χ1n) is 7.53. The van der Waals surface area contributed by atoms with Crippen molar-refractivity contribution in [3.8, 4) is 11.4 Å². The Kier molecular flexibility index (Phi) is 4.96. The number of sulfonamides is 1. The SMILES string of the molecule is CS(=O)(=O)NNC(=O)c1ccc(Nc2n[nH]c(-c3ccccc3)n2)cc1. The molecule has 0 aliphatic rings. The predicted molar refractivity (Wildman–Crippen MR) is 97.0 cm³/mol. The number of amides is 1. The maximum atomic E-state index is 11.8. The molecular formula is C16H16N6O3S. The number of carbonyl (C=O) groups is 1. The Morgan fingerprint density at radius 2 is 1.73 bits per heavy atom. The summed E-state index contributed by atoms with van der Waals surface area (Å²) in [4.78, 5) is 18.1. The van der Waals surface area contributed by atoms with Crippen LogP contribution >= 0.6 is 0 Å². The minimum absolute atomic E-state index is 0.298. The number of hydrogen-bond acceptors (Lipinski definition) is 6. The van der Waals surface area contributed by atoms with Crippen molar-refractivity contribution in [2.45, 2.75) is 0 Å². The molecule has 0 atom stereocenters. The van der Waals surface area contributed by atoms with Gasteiger partial charge in [-0.1, -0.05) is 30.3 Å². The minimum Gasteiger partial charge on any atom is -0.323 e. The molecule has 2 aromatic carbocycles. The predicted octanol–water partition coefficient (Wildman–Crippen LogP) is 1.41. The lowest BCUT2D eigenvalue weighted by Gasteiger charge is -2.06. The maximum Gasteiger partial charge on any atom is 0.266 e. The number of rotatable bonds is 6. The van der Waals surface area contributed by atoms with E-state index in [0.29, 0.717) is 23.0 Å². The highest BCUT2D eigenvalue weighted by atomic mass is 32.2. The van der Waals surface area contributed by atoms with Crippen molar-refractivity contribution in [1.82, 2.24) is 25.4 Å². The Morgan fingerprint density at radius 3 is 2.38 bits per heavy atom. The van der Waals surface area contributed by atoms with Crippen molar-refractivity contribution in [2.24, 2.45) is 0 Å². The van der Waals surface area contributed by atoms with Crippen molar-refractivity contribution in [1.29, 1.82) is 0 Å². The van der Waals surface area contributed by atoms with Gasteiger partial charge >= 0.3 is 0 Å². The quantitative estimate of drug-likeness (QED) is 0.484. The van der Waals surface area contributed by atoms with Gasteiger partial charge in [0.15, 0.2) is 5.82 Å². The average Bonchev–Trinajstić information content (AvgIpc) is 3.09. The van der Waals surface area contributed by atoms with Crippen LogP contribution < -0.4 is 15.6 Å². The first-order valence-corrected chi connectivity index (χ1v) is 9.42. The van der Waals surface area contributed by atoms with E-state index in [4.69, 9.17) is 0 Å². The van der Waals surface area contributed by atoms with Gasteiger partial charge < -0.3 is 5.32 Å². The molecule has 0 bridgehead atoms. The number of H-pyrrole nitrogens is 1. The Bertz CT molecular complexity index is 1000. The first-order chi connectivity index (χ1) is 12.4. The Morgan fingerprint density at radius 1 is 1.04 bits per heavy atom. The molecule has 4 N–H and O–H groups in total. The molecule has 0 unspecified atom stereocenters. The molecule has 1 amide bonds. The van der Waals surface area contributed by atoms with E-state index in [9.17, 15) is 13.2 Å².